The van der Waals surface area contributed by atoms with Crippen LogP contribution in [0.5, 0.6) is 0 Å². The van der Waals surface area contributed by atoms with Crippen LogP contribution in [0.4, 0.5) is 0 Å². The van der Waals surface area contributed by atoms with Gasteiger partial charge in [0.2, 0.25) is 0 Å². The Labute approximate surface area is 74.7 Å². The van der Waals surface area contributed by atoms with E-state index in [4.69, 9.17) is 10.2 Å². The van der Waals surface area contributed by atoms with Crippen LogP contribution in [-0.2, 0) is 9.59 Å². The van der Waals surface area contributed by atoms with Crippen molar-refractivity contribution in [2.75, 3.05) is 11.5 Å². The van der Waals surface area contributed by atoms with Gasteiger partial charge in [0.05, 0.1) is 12.8 Å². The highest BCUT2D eigenvalue weighted by Crippen LogP contribution is 2.03. The molecule has 0 aromatic heterocycles. The van der Waals surface area contributed by atoms with Crippen LogP contribution in [0.25, 0.3) is 0 Å². The lowest BCUT2D eigenvalue weighted by molar-refractivity contribution is -0.137. The van der Waals surface area contributed by atoms with Crippen molar-refractivity contribution in [1.82, 2.24) is 6.15 Å². The van der Waals surface area contributed by atoms with Crippen LogP contribution in [0.15, 0.2) is 0 Å². The lowest BCUT2D eigenvalue weighted by Crippen LogP contribution is -1.99. The summed E-state index contributed by atoms with van der Waals surface area (Å²) < 4.78 is 0. The predicted octanol–water partition coefficient (Wildman–Crippen LogP) is 0.831. The van der Waals surface area contributed by atoms with Crippen LogP contribution in [0, 0.1) is 0 Å². The first-order valence-corrected chi connectivity index (χ1v) is 4.29. The van der Waals surface area contributed by atoms with Gasteiger partial charge in [-0.15, -0.1) is 0 Å². The molecule has 0 radical (unpaired) electrons. The van der Waals surface area contributed by atoms with Crippen LogP contribution in [-0.4, -0.2) is 33.7 Å². The Morgan fingerprint density at radius 3 is 1.58 bits per heavy atom. The Morgan fingerprint density at radius 1 is 1.00 bits per heavy atom. The topological polar surface area (TPSA) is 110 Å². The van der Waals surface area contributed by atoms with E-state index in [1.165, 1.54) is 11.8 Å². The number of hydrogen-bond donors (Lipinski definition) is 3. The van der Waals surface area contributed by atoms with E-state index in [-0.39, 0.29) is 19.0 Å². The Hall–Kier alpha value is -0.750. The molecule has 72 valence electrons. The maximum absolute atomic E-state index is 9.97. The Balaban J connectivity index is 0. The summed E-state index contributed by atoms with van der Waals surface area (Å²) in [4.78, 5) is 19.9. The predicted molar refractivity (Wildman–Crippen MR) is 46.9 cm³/mol. The van der Waals surface area contributed by atoms with Gasteiger partial charge in [-0.05, 0) is 0 Å². The van der Waals surface area contributed by atoms with Gasteiger partial charge in [-0.2, -0.15) is 11.8 Å². The summed E-state index contributed by atoms with van der Waals surface area (Å²) in [6, 6.07) is 0. The van der Waals surface area contributed by atoms with Crippen molar-refractivity contribution in [3.63, 3.8) is 0 Å². The van der Waals surface area contributed by atoms with E-state index in [0.717, 1.165) is 0 Å². The summed E-state index contributed by atoms with van der Waals surface area (Å²) in [7, 11) is 0. The molecule has 5 N–H and O–H groups in total. The number of carbonyl (C=O) groups is 2. The van der Waals surface area contributed by atoms with Crippen LogP contribution in [0.3, 0.4) is 0 Å². The van der Waals surface area contributed by atoms with Gasteiger partial charge in [0.15, 0.2) is 0 Å². The van der Waals surface area contributed by atoms with Gasteiger partial charge in [0, 0.05) is 11.5 Å². The summed E-state index contributed by atoms with van der Waals surface area (Å²) in [6.45, 7) is 0. The van der Waals surface area contributed by atoms with Crippen molar-refractivity contribution in [2.45, 2.75) is 12.8 Å². The van der Waals surface area contributed by atoms with Crippen molar-refractivity contribution >= 4 is 23.7 Å². The molecule has 12 heavy (non-hydrogen) atoms. The first-order chi connectivity index (χ1) is 5.13. The van der Waals surface area contributed by atoms with Crippen molar-refractivity contribution < 1.29 is 19.8 Å². The van der Waals surface area contributed by atoms with Crippen molar-refractivity contribution in [2.24, 2.45) is 0 Å². The fourth-order valence-corrected chi connectivity index (χ4v) is 1.26. The Morgan fingerprint density at radius 2 is 1.33 bits per heavy atom. The molecule has 0 aliphatic heterocycles. The average molecular weight is 195 g/mol. The zero-order valence-corrected chi connectivity index (χ0v) is 7.47. The van der Waals surface area contributed by atoms with E-state index in [1.807, 2.05) is 0 Å². The highest BCUT2D eigenvalue weighted by atomic mass is 32.2. The highest BCUT2D eigenvalue weighted by molar-refractivity contribution is 7.99. The first kappa shape index (κ1) is 13.8. The molecule has 0 aliphatic carbocycles. The third-order valence-corrected chi connectivity index (χ3v) is 1.91. The molecule has 0 bridgehead atoms. The molecular formula is C6H13NO4S. The van der Waals surface area contributed by atoms with E-state index in [9.17, 15) is 9.59 Å². The number of hydrogen-bond acceptors (Lipinski definition) is 4. The lowest BCUT2D eigenvalue weighted by Gasteiger charge is -1.94. The van der Waals surface area contributed by atoms with Crippen molar-refractivity contribution in [3.8, 4) is 0 Å². The SMILES string of the molecule is N.O=C(O)CCSCCC(=O)O. The minimum absolute atomic E-state index is 0. The maximum Gasteiger partial charge on any atom is 0.304 e. The number of rotatable bonds is 6. The van der Waals surface area contributed by atoms with Crippen LogP contribution < -0.4 is 6.15 Å². The van der Waals surface area contributed by atoms with Crippen LogP contribution in [0.2, 0.25) is 0 Å². The normalized spacial score (nSPS) is 8.67. The Bertz CT molecular complexity index is 134. The van der Waals surface area contributed by atoms with Crippen LogP contribution in [0.1, 0.15) is 12.8 Å². The fraction of sp³-hybridized carbons (Fsp3) is 0.667. The van der Waals surface area contributed by atoms with Crippen molar-refractivity contribution in [1.29, 1.82) is 0 Å². The minimum Gasteiger partial charge on any atom is -0.481 e. The third-order valence-electron chi connectivity index (χ3n) is 0.921. The average Bonchev–Trinajstić information content (AvgIpc) is 1.85. The largest absolute Gasteiger partial charge is 0.481 e. The van der Waals surface area contributed by atoms with Gasteiger partial charge in [-0.3, -0.25) is 9.59 Å². The van der Waals surface area contributed by atoms with E-state index >= 15 is 0 Å². The van der Waals surface area contributed by atoms with E-state index in [1.54, 1.807) is 0 Å². The summed E-state index contributed by atoms with van der Waals surface area (Å²) in [5.74, 6) is -0.703. The molecule has 0 spiro atoms. The molecule has 0 fully saturated rings. The molecule has 0 aromatic carbocycles. The zero-order valence-electron chi connectivity index (χ0n) is 6.65. The smallest absolute Gasteiger partial charge is 0.304 e. The standard InChI is InChI=1S/C6H10O4S.H3N/c7-5(8)1-3-11-4-2-6(9)10;/h1-4H2,(H,7,8)(H,9,10);1H3. The second-order valence-corrected chi connectivity index (χ2v) is 3.12. The number of carboxylic acid groups (broad SMARTS) is 2. The summed E-state index contributed by atoms with van der Waals surface area (Å²) in [5, 5.41) is 16.4. The molecule has 0 heterocycles. The third kappa shape index (κ3) is 12.0. The highest BCUT2D eigenvalue weighted by Gasteiger charge is 1.98. The van der Waals surface area contributed by atoms with Gasteiger partial charge in [-0.25, -0.2) is 0 Å². The van der Waals surface area contributed by atoms with Gasteiger partial charge in [-0.1, -0.05) is 0 Å². The van der Waals surface area contributed by atoms with Gasteiger partial charge >= 0.3 is 11.9 Å². The van der Waals surface area contributed by atoms with Crippen LogP contribution >= 0.6 is 11.8 Å². The second kappa shape index (κ2) is 8.35. The van der Waals surface area contributed by atoms with Gasteiger partial charge in [0.1, 0.15) is 0 Å². The molecule has 0 saturated heterocycles. The molecule has 0 atom stereocenters. The van der Waals surface area contributed by atoms with Crippen molar-refractivity contribution in [3.05, 3.63) is 0 Å². The molecule has 0 amide bonds. The second-order valence-electron chi connectivity index (χ2n) is 1.90. The minimum atomic E-state index is -0.840. The first-order valence-electron chi connectivity index (χ1n) is 3.14. The molecule has 0 saturated carbocycles. The summed E-state index contributed by atoms with van der Waals surface area (Å²) >= 11 is 1.35. The number of thioether (sulfide) groups is 1. The molecule has 0 unspecified atom stereocenters. The molecule has 6 heteroatoms. The van der Waals surface area contributed by atoms with Gasteiger partial charge < -0.3 is 16.4 Å². The maximum atomic E-state index is 9.97. The van der Waals surface area contributed by atoms with Gasteiger partial charge in [0.25, 0.3) is 0 Å². The molecule has 0 rings (SSSR count). The number of carboxylic acids is 2. The zero-order chi connectivity index (χ0) is 8.69. The van der Waals surface area contributed by atoms with E-state index in [0.29, 0.717) is 11.5 Å². The molecule has 5 nitrogen and oxygen atoms in total. The quantitative estimate of drug-likeness (QED) is 0.541. The van der Waals surface area contributed by atoms with E-state index in [2.05, 4.69) is 0 Å². The Kier molecular flexibility index (Phi) is 9.61. The fourth-order valence-electron chi connectivity index (χ4n) is 0.421. The lowest BCUT2D eigenvalue weighted by atomic mass is 10.5. The number of aliphatic carboxylic acids is 2. The molecule has 0 aromatic rings. The summed E-state index contributed by atoms with van der Waals surface area (Å²) in [6.07, 6.45) is 0.203. The molecular weight excluding hydrogens is 182 g/mol. The van der Waals surface area contributed by atoms with E-state index < -0.39 is 11.9 Å². The summed E-state index contributed by atoms with van der Waals surface area (Å²) in [5.41, 5.74) is 0. The monoisotopic (exact) mass is 195 g/mol. The molecule has 0 aliphatic rings.